The molecule has 0 bridgehead atoms. The molecule has 7 heteroatoms. The van der Waals surface area contributed by atoms with Crippen LogP contribution in [0, 0.1) is 5.92 Å². The SMILES string of the molecule is CC(C)CNC(=O)[C@@H](Cc1ccccc1)N(Cc1ccccc1Cl)C(=O)CCc1ccc2c(c1)OCCO2. The second kappa shape index (κ2) is 13.3. The first-order chi connectivity index (χ1) is 18.4. The van der Waals surface area contributed by atoms with Gasteiger partial charge in [-0.25, -0.2) is 0 Å². The van der Waals surface area contributed by atoms with Crippen molar-refractivity contribution in [3.8, 4) is 11.5 Å². The lowest BCUT2D eigenvalue weighted by atomic mass is 10.0. The van der Waals surface area contributed by atoms with Gasteiger partial charge in [-0.2, -0.15) is 0 Å². The zero-order valence-corrected chi connectivity index (χ0v) is 22.7. The number of rotatable bonds is 11. The maximum Gasteiger partial charge on any atom is 0.243 e. The van der Waals surface area contributed by atoms with Gasteiger partial charge in [-0.1, -0.05) is 80.0 Å². The maximum absolute atomic E-state index is 13.8. The number of nitrogens with zero attached hydrogens (tertiary/aromatic N) is 1. The summed E-state index contributed by atoms with van der Waals surface area (Å²) in [6.07, 6.45) is 1.16. The van der Waals surface area contributed by atoms with E-state index in [1.54, 1.807) is 11.0 Å². The molecular weight excluding hydrogens is 500 g/mol. The molecule has 0 radical (unpaired) electrons. The van der Waals surface area contributed by atoms with Gasteiger partial charge in [-0.15, -0.1) is 0 Å². The Morgan fingerprint density at radius 3 is 2.37 bits per heavy atom. The molecule has 1 heterocycles. The number of carbonyl (C=O) groups excluding carboxylic acids is 2. The number of ether oxygens (including phenoxy) is 2. The highest BCUT2D eigenvalue weighted by atomic mass is 35.5. The van der Waals surface area contributed by atoms with Gasteiger partial charge < -0.3 is 19.7 Å². The summed E-state index contributed by atoms with van der Waals surface area (Å²) in [7, 11) is 0. The van der Waals surface area contributed by atoms with E-state index in [0.717, 1.165) is 22.4 Å². The van der Waals surface area contributed by atoms with Crippen molar-refractivity contribution in [2.45, 2.75) is 45.7 Å². The minimum Gasteiger partial charge on any atom is -0.486 e. The largest absolute Gasteiger partial charge is 0.486 e. The van der Waals surface area contributed by atoms with Crippen LogP contribution in [-0.4, -0.2) is 42.5 Å². The van der Waals surface area contributed by atoms with Crippen LogP contribution >= 0.6 is 11.6 Å². The van der Waals surface area contributed by atoms with Crippen LogP contribution in [0.1, 0.15) is 37.0 Å². The number of aryl methyl sites for hydroxylation is 1. The Hall–Kier alpha value is -3.51. The van der Waals surface area contributed by atoms with E-state index in [0.29, 0.717) is 49.3 Å². The Kier molecular flexibility index (Phi) is 9.66. The molecule has 0 saturated carbocycles. The number of benzene rings is 3. The van der Waals surface area contributed by atoms with E-state index in [1.165, 1.54) is 0 Å². The molecule has 3 aromatic carbocycles. The summed E-state index contributed by atoms with van der Waals surface area (Å²) in [4.78, 5) is 29.1. The molecule has 2 amide bonds. The van der Waals surface area contributed by atoms with Gasteiger partial charge in [-0.05, 0) is 47.2 Å². The predicted molar refractivity (Wildman–Crippen MR) is 150 cm³/mol. The van der Waals surface area contributed by atoms with Crippen LogP contribution in [0.4, 0.5) is 0 Å². The summed E-state index contributed by atoms with van der Waals surface area (Å²) in [6, 6.07) is 22.3. The molecule has 0 aliphatic carbocycles. The van der Waals surface area contributed by atoms with Crippen molar-refractivity contribution in [3.05, 3.63) is 94.5 Å². The van der Waals surface area contributed by atoms with Crippen molar-refractivity contribution in [1.82, 2.24) is 10.2 Å². The van der Waals surface area contributed by atoms with E-state index in [2.05, 4.69) is 5.32 Å². The topological polar surface area (TPSA) is 67.9 Å². The highest BCUT2D eigenvalue weighted by Crippen LogP contribution is 2.31. The third-order valence-corrected chi connectivity index (χ3v) is 6.86. The zero-order valence-electron chi connectivity index (χ0n) is 22.0. The number of halogens is 1. The molecule has 1 aliphatic heterocycles. The molecule has 0 fully saturated rings. The number of carbonyl (C=O) groups is 2. The monoisotopic (exact) mass is 534 g/mol. The van der Waals surface area contributed by atoms with Gasteiger partial charge in [0.15, 0.2) is 11.5 Å². The molecule has 38 heavy (non-hydrogen) atoms. The van der Waals surface area contributed by atoms with Gasteiger partial charge in [0.2, 0.25) is 11.8 Å². The first-order valence-corrected chi connectivity index (χ1v) is 13.5. The van der Waals surface area contributed by atoms with Crippen molar-refractivity contribution in [3.63, 3.8) is 0 Å². The van der Waals surface area contributed by atoms with Crippen molar-refractivity contribution in [1.29, 1.82) is 0 Å². The Labute approximate surface area is 229 Å². The van der Waals surface area contributed by atoms with Crippen molar-refractivity contribution < 1.29 is 19.1 Å². The maximum atomic E-state index is 13.8. The lowest BCUT2D eigenvalue weighted by Gasteiger charge is -2.32. The lowest BCUT2D eigenvalue weighted by Crippen LogP contribution is -2.51. The molecule has 4 rings (SSSR count). The zero-order chi connectivity index (χ0) is 26.9. The third kappa shape index (κ3) is 7.51. The van der Waals surface area contributed by atoms with Crippen LogP contribution in [0.15, 0.2) is 72.8 Å². The molecule has 0 unspecified atom stereocenters. The highest BCUT2D eigenvalue weighted by Gasteiger charge is 2.30. The molecule has 0 saturated heterocycles. The third-order valence-electron chi connectivity index (χ3n) is 6.49. The molecular formula is C31H35ClN2O4. The van der Waals surface area contributed by atoms with Crippen LogP contribution in [0.2, 0.25) is 5.02 Å². The number of fused-ring (bicyclic) bond motifs is 1. The van der Waals surface area contributed by atoms with E-state index in [9.17, 15) is 9.59 Å². The van der Waals surface area contributed by atoms with Crippen LogP contribution in [-0.2, 0) is 29.0 Å². The quantitative estimate of drug-likeness (QED) is 0.355. The van der Waals surface area contributed by atoms with Crippen molar-refractivity contribution in [2.75, 3.05) is 19.8 Å². The van der Waals surface area contributed by atoms with Crippen molar-refractivity contribution in [2.24, 2.45) is 5.92 Å². The van der Waals surface area contributed by atoms with E-state index in [-0.39, 0.29) is 24.8 Å². The molecule has 1 N–H and O–H groups in total. The first-order valence-electron chi connectivity index (χ1n) is 13.1. The van der Waals surface area contributed by atoms with E-state index in [4.69, 9.17) is 21.1 Å². The second-order valence-corrected chi connectivity index (χ2v) is 10.3. The summed E-state index contributed by atoms with van der Waals surface area (Å²) in [5.41, 5.74) is 2.77. The second-order valence-electron chi connectivity index (χ2n) is 9.94. The van der Waals surface area contributed by atoms with Crippen LogP contribution in [0.25, 0.3) is 0 Å². The van der Waals surface area contributed by atoms with Crippen LogP contribution < -0.4 is 14.8 Å². The molecule has 0 aromatic heterocycles. The van der Waals surface area contributed by atoms with Crippen LogP contribution in [0.5, 0.6) is 11.5 Å². The average molecular weight is 535 g/mol. The average Bonchev–Trinajstić information content (AvgIpc) is 2.93. The fourth-order valence-corrected chi connectivity index (χ4v) is 4.62. The normalized spacial score (nSPS) is 13.2. The van der Waals surface area contributed by atoms with Gasteiger partial charge in [0.1, 0.15) is 19.3 Å². The summed E-state index contributed by atoms with van der Waals surface area (Å²) < 4.78 is 11.3. The van der Waals surface area contributed by atoms with E-state index >= 15 is 0 Å². The number of hydrogen-bond acceptors (Lipinski definition) is 4. The summed E-state index contributed by atoms with van der Waals surface area (Å²) >= 11 is 6.50. The molecule has 3 aromatic rings. The fraction of sp³-hybridized carbons (Fsp3) is 0.355. The Bertz CT molecular complexity index is 1230. The number of amides is 2. The molecule has 0 spiro atoms. The standard InChI is InChI=1S/C31H35ClN2O4/c1-22(2)20-33-31(36)27(18-23-8-4-3-5-9-23)34(21-25-10-6-7-11-26(25)32)30(35)15-13-24-12-14-28-29(19-24)38-17-16-37-28/h3-12,14,19,22,27H,13,15-18,20-21H2,1-2H3,(H,33,36)/t27-/m1/s1. The Morgan fingerprint density at radius 2 is 1.63 bits per heavy atom. The Morgan fingerprint density at radius 1 is 0.921 bits per heavy atom. The van der Waals surface area contributed by atoms with E-state index < -0.39 is 6.04 Å². The summed E-state index contributed by atoms with van der Waals surface area (Å²) in [5, 5.41) is 3.62. The number of hydrogen-bond donors (Lipinski definition) is 1. The van der Waals surface area contributed by atoms with Crippen LogP contribution in [0.3, 0.4) is 0 Å². The van der Waals surface area contributed by atoms with Gasteiger partial charge in [0, 0.05) is 31.0 Å². The van der Waals surface area contributed by atoms with Gasteiger partial charge >= 0.3 is 0 Å². The predicted octanol–water partition coefficient (Wildman–Crippen LogP) is 5.46. The molecule has 200 valence electrons. The molecule has 1 aliphatic rings. The lowest BCUT2D eigenvalue weighted by molar-refractivity contribution is -0.141. The highest BCUT2D eigenvalue weighted by molar-refractivity contribution is 6.31. The minimum absolute atomic E-state index is 0.111. The van der Waals surface area contributed by atoms with Gasteiger partial charge in [0.25, 0.3) is 0 Å². The summed E-state index contributed by atoms with van der Waals surface area (Å²) in [6.45, 7) is 5.91. The Balaban J connectivity index is 1.59. The van der Waals surface area contributed by atoms with Gasteiger partial charge in [0.05, 0.1) is 0 Å². The molecule has 6 nitrogen and oxygen atoms in total. The molecule has 1 atom stereocenters. The summed E-state index contributed by atoms with van der Waals surface area (Å²) in [5.74, 6) is 1.43. The fourth-order valence-electron chi connectivity index (χ4n) is 4.42. The first kappa shape index (κ1) is 27.5. The minimum atomic E-state index is -0.680. The number of nitrogens with one attached hydrogen (secondary N) is 1. The van der Waals surface area contributed by atoms with Gasteiger partial charge in [-0.3, -0.25) is 9.59 Å². The van der Waals surface area contributed by atoms with E-state index in [1.807, 2.05) is 80.6 Å². The van der Waals surface area contributed by atoms with Crippen molar-refractivity contribution >= 4 is 23.4 Å². The smallest absolute Gasteiger partial charge is 0.243 e.